The number of esters is 5. The molecular weight excluding hydrogens is 608 g/mol. The van der Waals surface area contributed by atoms with Crippen molar-refractivity contribution in [3.8, 4) is 0 Å². The lowest BCUT2D eigenvalue weighted by molar-refractivity contribution is -0.239. The quantitative estimate of drug-likeness (QED) is 0.222. The van der Waals surface area contributed by atoms with E-state index in [-0.39, 0.29) is 25.0 Å². The molecule has 1 aliphatic heterocycles. The van der Waals surface area contributed by atoms with Crippen LogP contribution in [-0.2, 0) is 47.6 Å². The first-order valence-corrected chi connectivity index (χ1v) is 16.1. The minimum atomic E-state index is -1.71. The van der Waals surface area contributed by atoms with Crippen molar-refractivity contribution in [2.45, 2.75) is 96.9 Å². The summed E-state index contributed by atoms with van der Waals surface area (Å²) in [6.45, 7) is 15.1. The Morgan fingerprint density at radius 1 is 0.915 bits per heavy atom. The Morgan fingerprint density at radius 3 is 2.15 bits per heavy atom. The SMILES string of the molecule is C=C(C)[C@H]1C=C[C@@H](OC(C)=O)[C@@]23CO[C@@](C)([C@H](OC(=O)c4ccccc4)[C@@]4(OC(C)=O)C[C@H](C)[C@H](OC(=O)CC)[C@@H]4[C@H]2OC(C)=O)[C@H]13. The van der Waals surface area contributed by atoms with Gasteiger partial charge in [-0.15, -0.1) is 0 Å². The molecule has 11 nitrogen and oxygen atoms in total. The molecule has 1 aromatic rings. The molecule has 1 aromatic carbocycles. The number of fused-ring (bicyclic) bond motifs is 1. The highest BCUT2D eigenvalue weighted by Crippen LogP contribution is 2.68. The highest BCUT2D eigenvalue weighted by Gasteiger charge is 2.82. The summed E-state index contributed by atoms with van der Waals surface area (Å²) in [6.07, 6.45) is -0.675. The summed E-state index contributed by atoms with van der Waals surface area (Å²) in [7, 11) is 0. The van der Waals surface area contributed by atoms with E-state index in [1.165, 1.54) is 20.8 Å². The molecule has 0 radical (unpaired) electrons. The van der Waals surface area contributed by atoms with Crippen LogP contribution in [0, 0.1) is 29.1 Å². The van der Waals surface area contributed by atoms with E-state index in [0.717, 1.165) is 5.57 Å². The molecule has 2 saturated carbocycles. The molecule has 0 spiro atoms. The van der Waals surface area contributed by atoms with Gasteiger partial charge in [0.05, 0.1) is 23.5 Å². The molecule has 254 valence electrons. The number of ether oxygens (including phenoxy) is 6. The van der Waals surface area contributed by atoms with Gasteiger partial charge in [0.25, 0.3) is 0 Å². The van der Waals surface area contributed by atoms with E-state index >= 15 is 0 Å². The molecule has 0 unspecified atom stereocenters. The lowest BCUT2D eigenvalue weighted by Gasteiger charge is -2.51. The normalized spacial score (nSPS) is 38.2. The average Bonchev–Trinajstić information content (AvgIpc) is 3.44. The number of hydrogen-bond acceptors (Lipinski definition) is 11. The summed E-state index contributed by atoms with van der Waals surface area (Å²) in [5.41, 5.74) is -3.46. The van der Waals surface area contributed by atoms with Gasteiger partial charge in [0.2, 0.25) is 0 Å². The molecule has 0 amide bonds. The molecule has 11 atom stereocenters. The van der Waals surface area contributed by atoms with Gasteiger partial charge in [-0.25, -0.2) is 4.79 Å². The van der Waals surface area contributed by atoms with E-state index in [2.05, 4.69) is 6.58 Å². The second kappa shape index (κ2) is 12.6. The highest BCUT2D eigenvalue weighted by atomic mass is 16.6. The standard InChI is InChI=1S/C36H44O11/c1-9-27(40)45-29-20(4)17-36(47-23(7)39)28(29)31(44-22(6)38)35-18-42-34(8,33(36)46-32(41)24-13-11-10-12-14-24)30(35)25(19(2)3)15-16-26(35)43-21(5)37/h10-16,20,25-26,28-31,33H,2,9,17-18H2,1,3-8H3/t20-,25+,26+,28+,29-,30-,31+,33-,34+,35+,36+/m0/s1. The molecule has 3 fully saturated rings. The second-order valence-corrected chi connectivity index (χ2v) is 13.6. The summed E-state index contributed by atoms with van der Waals surface area (Å²) in [5, 5.41) is 0. The second-order valence-electron chi connectivity index (χ2n) is 13.6. The van der Waals surface area contributed by atoms with Crippen molar-refractivity contribution in [3.63, 3.8) is 0 Å². The molecule has 47 heavy (non-hydrogen) atoms. The van der Waals surface area contributed by atoms with E-state index in [4.69, 9.17) is 28.4 Å². The fourth-order valence-electron chi connectivity index (χ4n) is 8.99. The number of carbonyl (C=O) groups excluding carboxylic acids is 5. The maximum Gasteiger partial charge on any atom is 0.338 e. The van der Waals surface area contributed by atoms with Gasteiger partial charge in [-0.2, -0.15) is 0 Å². The van der Waals surface area contributed by atoms with E-state index in [1.807, 2.05) is 19.9 Å². The summed E-state index contributed by atoms with van der Waals surface area (Å²) in [6, 6.07) is 8.39. The van der Waals surface area contributed by atoms with Gasteiger partial charge in [-0.1, -0.05) is 50.3 Å². The van der Waals surface area contributed by atoms with E-state index in [1.54, 1.807) is 50.3 Å². The number of rotatable bonds is 8. The summed E-state index contributed by atoms with van der Waals surface area (Å²) in [4.78, 5) is 65.9. The summed E-state index contributed by atoms with van der Waals surface area (Å²) >= 11 is 0. The zero-order valence-corrected chi connectivity index (χ0v) is 28.0. The molecule has 1 heterocycles. The number of carbonyl (C=O) groups is 5. The summed E-state index contributed by atoms with van der Waals surface area (Å²) < 4.78 is 38.0. The summed E-state index contributed by atoms with van der Waals surface area (Å²) in [5.74, 6) is -5.74. The van der Waals surface area contributed by atoms with Crippen LogP contribution in [0.3, 0.4) is 0 Å². The monoisotopic (exact) mass is 652 g/mol. The molecule has 11 heteroatoms. The maximum atomic E-state index is 14.0. The minimum absolute atomic E-state index is 0.0618. The molecule has 0 N–H and O–H groups in total. The van der Waals surface area contributed by atoms with Crippen LogP contribution in [0.4, 0.5) is 0 Å². The van der Waals surface area contributed by atoms with Crippen LogP contribution in [0.1, 0.15) is 71.7 Å². The molecule has 2 bridgehead atoms. The van der Waals surface area contributed by atoms with Gasteiger partial charge >= 0.3 is 29.8 Å². The predicted octanol–water partition coefficient (Wildman–Crippen LogP) is 4.52. The Kier molecular flexibility index (Phi) is 9.18. The maximum absolute atomic E-state index is 14.0. The number of hydrogen-bond donors (Lipinski definition) is 0. The van der Waals surface area contributed by atoms with Crippen LogP contribution >= 0.6 is 0 Å². The average molecular weight is 653 g/mol. The van der Waals surface area contributed by atoms with Crippen molar-refractivity contribution in [3.05, 3.63) is 60.2 Å². The first-order valence-electron chi connectivity index (χ1n) is 16.1. The van der Waals surface area contributed by atoms with Crippen molar-refractivity contribution in [1.82, 2.24) is 0 Å². The van der Waals surface area contributed by atoms with Crippen LogP contribution in [0.15, 0.2) is 54.6 Å². The predicted molar refractivity (Wildman–Crippen MR) is 166 cm³/mol. The van der Waals surface area contributed by atoms with Crippen molar-refractivity contribution in [2.24, 2.45) is 29.1 Å². The molecule has 4 aliphatic rings. The minimum Gasteiger partial charge on any atom is -0.461 e. The first-order chi connectivity index (χ1) is 22.1. The molecule has 0 aromatic heterocycles. The smallest absolute Gasteiger partial charge is 0.338 e. The fourth-order valence-corrected chi connectivity index (χ4v) is 8.99. The van der Waals surface area contributed by atoms with Gasteiger partial charge in [0, 0.05) is 39.0 Å². The van der Waals surface area contributed by atoms with Crippen LogP contribution < -0.4 is 0 Å². The van der Waals surface area contributed by atoms with Crippen LogP contribution in [0.25, 0.3) is 0 Å². The lowest BCUT2D eigenvalue weighted by atomic mass is 9.55. The molecule has 5 rings (SSSR count). The van der Waals surface area contributed by atoms with Gasteiger partial charge in [-0.3, -0.25) is 19.2 Å². The Morgan fingerprint density at radius 2 is 1.57 bits per heavy atom. The third kappa shape index (κ3) is 5.56. The van der Waals surface area contributed by atoms with Gasteiger partial charge < -0.3 is 28.4 Å². The van der Waals surface area contributed by atoms with Gasteiger partial charge in [0.15, 0.2) is 11.7 Å². The van der Waals surface area contributed by atoms with Crippen molar-refractivity contribution in [2.75, 3.05) is 6.61 Å². The van der Waals surface area contributed by atoms with E-state index < -0.39 is 94.6 Å². The number of allylic oxidation sites excluding steroid dienone is 2. The zero-order valence-electron chi connectivity index (χ0n) is 28.0. The largest absolute Gasteiger partial charge is 0.461 e. The molecule has 3 aliphatic carbocycles. The van der Waals surface area contributed by atoms with Crippen LogP contribution in [0.2, 0.25) is 0 Å². The fraction of sp³-hybridized carbons (Fsp3) is 0.583. The third-order valence-electron chi connectivity index (χ3n) is 10.4. The topological polar surface area (TPSA) is 141 Å². The van der Waals surface area contributed by atoms with Crippen LogP contribution in [0.5, 0.6) is 0 Å². The lowest BCUT2D eigenvalue weighted by Crippen LogP contribution is -2.64. The third-order valence-corrected chi connectivity index (χ3v) is 10.4. The van der Waals surface area contributed by atoms with Gasteiger partial charge in [-0.05, 0) is 44.4 Å². The Bertz CT molecular complexity index is 1480. The van der Waals surface area contributed by atoms with Crippen molar-refractivity contribution in [1.29, 1.82) is 0 Å². The first kappa shape index (κ1) is 34.3. The van der Waals surface area contributed by atoms with E-state index in [0.29, 0.717) is 0 Å². The molecule has 1 saturated heterocycles. The Balaban J connectivity index is 1.87. The van der Waals surface area contributed by atoms with Crippen molar-refractivity contribution >= 4 is 29.8 Å². The highest BCUT2D eigenvalue weighted by molar-refractivity contribution is 5.89. The Labute approximate surface area is 274 Å². The zero-order chi connectivity index (χ0) is 34.5. The Hall–Kier alpha value is -3.99. The molecular formula is C36H44O11. The number of benzene rings is 1. The van der Waals surface area contributed by atoms with Crippen molar-refractivity contribution < 1.29 is 52.4 Å². The van der Waals surface area contributed by atoms with Gasteiger partial charge in [0.1, 0.15) is 23.9 Å². The van der Waals surface area contributed by atoms with Crippen LogP contribution in [-0.4, -0.2) is 72.1 Å². The van der Waals surface area contributed by atoms with E-state index in [9.17, 15) is 24.0 Å².